The Morgan fingerprint density at radius 3 is 2.77 bits per heavy atom. The Morgan fingerprint density at radius 1 is 1.62 bits per heavy atom. The van der Waals surface area contributed by atoms with E-state index in [1.54, 1.807) is 6.07 Å². The Labute approximate surface area is 80.9 Å². The zero-order chi connectivity index (χ0) is 9.84. The number of halogens is 1. The predicted molar refractivity (Wildman–Crippen MR) is 49.6 cm³/mol. The Hall–Kier alpha value is -1.22. The number of rotatable bonds is 3. The lowest BCUT2D eigenvalue weighted by molar-refractivity contribution is 0.112. The normalized spacial score (nSPS) is 9.69. The van der Waals surface area contributed by atoms with Crippen LogP contribution in [0.5, 0.6) is 11.5 Å². The minimum absolute atomic E-state index is 0.0780. The largest absolute Gasteiger partial charge is 0.507 e. The Bertz CT molecular complexity index is 323. The van der Waals surface area contributed by atoms with Gasteiger partial charge in [0.15, 0.2) is 6.29 Å². The molecule has 1 aromatic carbocycles. The maximum absolute atomic E-state index is 10.5. The van der Waals surface area contributed by atoms with Gasteiger partial charge in [-0.25, -0.2) is 0 Å². The fraction of sp³-hybridized carbons (Fsp3) is 0.222. The van der Waals surface area contributed by atoms with Crippen LogP contribution in [0.15, 0.2) is 12.1 Å². The molecule has 0 fully saturated rings. The van der Waals surface area contributed by atoms with Gasteiger partial charge in [0.25, 0.3) is 0 Å². The van der Waals surface area contributed by atoms with Crippen molar-refractivity contribution in [3.63, 3.8) is 0 Å². The van der Waals surface area contributed by atoms with Crippen LogP contribution >= 0.6 is 11.6 Å². The lowest BCUT2D eigenvalue weighted by atomic mass is 10.1. The van der Waals surface area contributed by atoms with Gasteiger partial charge in [0.1, 0.15) is 11.5 Å². The van der Waals surface area contributed by atoms with Crippen molar-refractivity contribution in [2.24, 2.45) is 0 Å². The molecule has 0 radical (unpaired) electrons. The molecule has 0 heterocycles. The molecule has 1 rings (SSSR count). The van der Waals surface area contributed by atoms with Gasteiger partial charge in [0.2, 0.25) is 0 Å². The Kier molecular flexibility index (Phi) is 3.14. The van der Waals surface area contributed by atoms with E-state index in [1.165, 1.54) is 13.2 Å². The number of phenolic OH excluding ortho intramolecular Hbond substituents is 1. The van der Waals surface area contributed by atoms with Gasteiger partial charge >= 0.3 is 0 Å². The summed E-state index contributed by atoms with van der Waals surface area (Å²) >= 11 is 5.56. The third-order valence-electron chi connectivity index (χ3n) is 1.70. The number of carbonyl (C=O) groups excluding carboxylic acids is 1. The summed E-state index contributed by atoms with van der Waals surface area (Å²) in [7, 11) is 1.49. The minimum Gasteiger partial charge on any atom is -0.507 e. The fourth-order valence-corrected chi connectivity index (χ4v) is 1.20. The van der Waals surface area contributed by atoms with E-state index in [4.69, 9.17) is 16.3 Å². The molecule has 1 N–H and O–H groups in total. The highest BCUT2D eigenvalue weighted by Crippen LogP contribution is 2.28. The number of alkyl halides is 1. The molecule has 0 aliphatic rings. The van der Waals surface area contributed by atoms with Crippen molar-refractivity contribution < 1.29 is 14.6 Å². The van der Waals surface area contributed by atoms with Gasteiger partial charge < -0.3 is 9.84 Å². The van der Waals surface area contributed by atoms with Crippen LogP contribution in [-0.4, -0.2) is 18.5 Å². The smallest absolute Gasteiger partial charge is 0.153 e. The molecule has 13 heavy (non-hydrogen) atoms. The van der Waals surface area contributed by atoms with E-state index in [0.717, 1.165) is 0 Å². The van der Waals surface area contributed by atoms with Crippen LogP contribution in [-0.2, 0) is 5.88 Å². The summed E-state index contributed by atoms with van der Waals surface area (Å²) in [5, 5.41) is 9.44. The lowest BCUT2D eigenvalue weighted by Crippen LogP contribution is -1.91. The molecule has 70 valence electrons. The molecule has 0 aliphatic heterocycles. The maximum Gasteiger partial charge on any atom is 0.153 e. The molecule has 0 saturated heterocycles. The number of hydrogen-bond donors (Lipinski definition) is 1. The average molecular weight is 201 g/mol. The monoisotopic (exact) mass is 200 g/mol. The predicted octanol–water partition coefficient (Wildman–Crippen LogP) is 1.95. The number of phenols is 1. The van der Waals surface area contributed by atoms with Crippen molar-refractivity contribution in [1.82, 2.24) is 0 Å². The second kappa shape index (κ2) is 4.14. The molecule has 0 bridgehead atoms. The zero-order valence-corrected chi connectivity index (χ0v) is 7.84. The summed E-state index contributed by atoms with van der Waals surface area (Å²) in [6.07, 6.45) is 0.563. The van der Waals surface area contributed by atoms with E-state index in [2.05, 4.69) is 0 Å². The number of hydrogen-bond acceptors (Lipinski definition) is 3. The van der Waals surface area contributed by atoms with E-state index in [1.807, 2.05) is 0 Å². The SMILES string of the molecule is COc1cc(C=O)c(O)c(CCl)c1. The number of aromatic hydroxyl groups is 1. The molecule has 0 aliphatic carbocycles. The maximum atomic E-state index is 10.5. The molecular weight excluding hydrogens is 192 g/mol. The minimum atomic E-state index is -0.0780. The van der Waals surface area contributed by atoms with Crippen molar-refractivity contribution in [1.29, 1.82) is 0 Å². The summed E-state index contributed by atoms with van der Waals surface area (Å²) in [6, 6.07) is 3.05. The van der Waals surface area contributed by atoms with E-state index < -0.39 is 0 Å². The third-order valence-corrected chi connectivity index (χ3v) is 1.99. The lowest BCUT2D eigenvalue weighted by Gasteiger charge is -2.06. The van der Waals surface area contributed by atoms with Gasteiger partial charge in [0.05, 0.1) is 18.6 Å². The Balaban J connectivity index is 3.28. The summed E-state index contributed by atoms with van der Waals surface area (Å²) in [5.41, 5.74) is 0.679. The van der Waals surface area contributed by atoms with Crippen LogP contribution < -0.4 is 4.74 Å². The zero-order valence-electron chi connectivity index (χ0n) is 7.08. The van der Waals surface area contributed by atoms with Crippen molar-refractivity contribution in [2.45, 2.75) is 5.88 Å². The molecule has 1 aromatic rings. The van der Waals surface area contributed by atoms with Crippen LogP contribution in [0, 0.1) is 0 Å². The van der Waals surface area contributed by atoms with Gasteiger partial charge in [-0.1, -0.05) is 0 Å². The molecule has 0 amide bonds. The number of benzene rings is 1. The van der Waals surface area contributed by atoms with Crippen molar-refractivity contribution in [3.8, 4) is 11.5 Å². The van der Waals surface area contributed by atoms with Gasteiger partial charge in [-0.3, -0.25) is 4.79 Å². The van der Waals surface area contributed by atoms with Crippen molar-refractivity contribution in [2.75, 3.05) is 7.11 Å². The van der Waals surface area contributed by atoms with E-state index in [9.17, 15) is 9.90 Å². The first-order valence-electron chi connectivity index (χ1n) is 3.64. The molecule has 0 aromatic heterocycles. The second-order valence-electron chi connectivity index (χ2n) is 2.48. The van der Waals surface area contributed by atoms with Crippen LogP contribution in [0.2, 0.25) is 0 Å². The van der Waals surface area contributed by atoms with E-state index >= 15 is 0 Å². The molecule has 0 unspecified atom stereocenters. The fourth-order valence-electron chi connectivity index (χ4n) is 0.998. The summed E-state index contributed by atoms with van der Waals surface area (Å²) < 4.78 is 4.93. The van der Waals surface area contributed by atoms with Crippen LogP contribution in [0.1, 0.15) is 15.9 Å². The quantitative estimate of drug-likeness (QED) is 0.599. The highest BCUT2D eigenvalue weighted by atomic mass is 35.5. The van der Waals surface area contributed by atoms with Crippen LogP contribution in [0.3, 0.4) is 0 Å². The van der Waals surface area contributed by atoms with E-state index in [-0.39, 0.29) is 17.2 Å². The average Bonchev–Trinajstić information content (AvgIpc) is 2.18. The standard InChI is InChI=1S/C9H9ClO3/c1-13-8-2-6(4-10)9(12)7(3-8)5-11/h2-3,5,12H,4H2,1H3. The van der Waals surface area contributed by atoms with Gasteiger partial charge in [-0.05, 0) is 12.1 Å². The van der Waals surface area contributed by atoms with Gasteiger partial charge in [-0.15, -0.1) is 11.6 Å². The topological polar surface area (TPSA) is 46.5 Å². The first-order chi connectivity index (χ1) is 6.22. The molecule has 4 heteroatoms. The van der Waals surface area contributed by atoms with Crippen LogP contribution in [0.25, 0.3) is 0 Å². The van der Waals surface area contributed by atoms with Gasteiger partial charge in [-0.2, -0.15) is 0 Å². The third kappa shape index (κ3) is 1.92. The number of methoxy groups -OCH3 is 1. The second-order valence-corrected chi connectivity index (χ2v) is 2.74. The molecular formula is C9H9ClO3. The number of carbonyl (C=O) groups is 1. The first-order valence-corrected chi connectivity index (χ1v) is 4.17. The molecule has 0 atom stereocenters. The van der Waals surface area contributed by atoms with Gasteiger partial charge in [0, 0.05) is 5.56 Å². The van der Waals surface area contributed by atoms with E-state index in [0.29, 0.717) is 17.6 Å². The van der Waals surface area contributed by atoms with Crippen molar-refractivity contribution in [3.05, 3.63) is 23.3 Å². The Morgan fingerprint density at radius 2 is 2.31 bits per heavy atom. The molecule has 0 spiro atoms. The van der Waals surface area contributed by atoms with Crippen molar-refractivity contribution >= 4 is 17.9 Å². The first kappa shape index (κ1) is 9.86. The highest BCUT2D eigenvalue weighted by molar-refractivity contribution is 6.17. The highest BCUT2D eigenvalue weighted by Gasteiger charge is 2.08. The molecule has 3 nitrogen and oxygen atoms in total. The number of ether oxygens (including phenoxy) is 1. The summed E-state index contributed by atoms with van der Waals surface area (Å²) in [6.45, 7) is 0. The number of aldehydes is 1. The summed E-state index contributed by atoms with van der Waals surface area (Å²) in [5.74, 6) is 0.575. The van der Waals surface area contributed by atoms with Crippen LogP contribution in [0.4, 0.5) is 0 Å². The summed E-state index contributed by atoms with van der Waals surface area (Å²) in [4.78, 5) is 10.5. The molecule has 0 saturated carbocycles.